The summed E-state index contributed by atoms with van der Waals surface area (Å²) in [4.78, 5) is 10.1. The molecule has 350 valence electrons. The first-order valence-electron chi connectivity index (χ1n) is 24.1. The molecule has 12 rings (SSSR count). The van der Waals surface area contributed by atoms with Crippen LogP contribution in [0.15, 0.2) is 215 Å². The van der Waals surface area contributed by atoms with Crippen molar-refractivity contribution in [2.24, 2.45) is 0 Å². The predicted octanol–water partition coefficient (Wildman–Crippen LogP) is 10.7. The van der Waals surface area contributed by atoms with E-state index in [0.29, 0.717) is 53.7 Å². The van der Waals surface area contributed by atoms with Crippen LogP contribution in [0.3, 0.4) is 0 Å². The Kier molecular flexibility index (Phi) is 11.9. The lowest BCUT2D eigenvalue weighted by molar-refractivity contribution is 0.585. The van der Waals surface area contributed by atoms with Gasteiger partial charge >= 0.3 is 13.7 Å². The van der Waals surface area contributed by atoms with E-state index < -0.39 is 13.7 Å². The van der Waals surface area contributed by atoms with Crippen molar-refractivity contribution in [3.05, 3.63) is 250 Å². The molecule has 0 spiro atoms. The number of oxazole rings is 2. The number of aryl methyl sites for hydroxylation is 2. The maximum absolute atomic E-state index is 12.1. The molecular formula is C62H40B2Cl2N6O2. The molecule has 12 heteroatoms. The van der Waals surface area contributed by atoms with E-state index >= 15 is 0 Å². The summed E-state index contributed by atoms with van der Waals surface area (Å²) in [5, 5.41) is 27.6. The largest absolute Gasteiger partial charge is 0.435 e. The maximum atomic E-state index is 12.1. The van der Waals surface area contributed by atoms with E-state index in [-0.39, 0.29) is 22.9 Å². The van der Waals surface area contributed by atoms with Crippen LogP contribution in [0.5, 0.6) is 0 Å². The van der Waals surface area contributed by atoms with Crippen molar-refractivity contribution in [3.8, 4) is 34.7 Å². The number of hydrogen-bond donors (Lipinski definition) is 0. The second kappa shape index (κ2) is 19.2. The van der Waals surface area contributed by atoms with Crippen LogP contribution >= 0.6 is 23.2 Å². The van der Waals surface area contributed by atoms with Gasteiger partial charge in [0.1, 0.15) is 34.3 Å². The number of benzene rings is 8. The number of halogens is 2. The molecule has 12 aromatic rings. The Hall–Kier alpha value is -9.05. The van der Waals surface area contributed by atoms with Crippen molar-refractivity contribution in [3.63, 3.8) is 0 Å². The first-order valence-corrected chi connectivity index (χ1v) is 24.9. The third-order valence-corrected chi connectivity index (χ3v) is 14.2. The molecule has 0 atom stereocenters. The minimum absolute atomic E-state index is 0.106. The number of rotatable bonds is 10. The number of hydrogen-bond acceptors (Lipinski definition) is 6. The van der Waals surface area contributed by atoms with Gasteiger partial charge in [-0.1, -0.05) is 215 Å². The van der Waals surface area contributed by atoms with Crippen molar-refractivity contribution in [2.75, 3.05) is 0 Å². The van der Waals surface area contributed by atoms with Gasteiger partial charge in [0.25, 0.3) is 0 Å². The molecule has 0 N–H and O–H groups in total. The van der Waals surface area contributed by atoms with Crippen LogP contribution in [0.1, 0.15) is 22.9 Å². The monoisotopic (exact) mass is 992 g/mol. The first-order chi connectivity index (χ1) is 36.3. The van der Waals surface area contributed by atoms with Gasteiger partial charge in [0.05, 0.1) is 10.7 Å². The highest BCUT2D eigenvalue weighted by molar-refractivity contribution is 6.85. The fourth-order valence-corrected chi connectivity index (χ4v) is 10.9. The van der Waals surface area contributed by atoms with Crippen LogP contribution in [0.25, 0.3) is 66.6 Å². The lowest BCUT2D eigenvalue weighted by Crippen LogP contribution is -2.54. The zero-order chi connectivity index (χ0) is 50.5. The SMILES string of the molecule is Cc1ccccc1-c1c2/c(=C(\C#N)c3nc4ccc(Cl)cc4o3)n(B(c3ccccc3)c3ccccc3)c(-c3ccccc3C)c2/c(=C(\C#N)c2nc3ccc(Cl)cc3o2)n1B(c1ccccc1)c1ccccc1. The Bertz CT molecular complexity index is 3990. The van der Waals surface area contributed by atoms with Crippen LogP contribution < -0.4 is 32.5 Å². The summed E-state index contributed by atoms with van der Waals surface area (Å²) in [6.45, 7) is 3.04. The second-order valence-corrected chi connectivity index (χ2v) is 19.1. The summed E-state index contributed by atoms with van der Waals surface area (Å²) in [7, 11) is 0. The van der Waals surface area contributed by atoms with Gasteiger partial charge in [-0.3, -0.25) is 0 Å². The van der Waals surface area contributed by atoms with E-state index in [4.69, 9.17) is 42.0 Å². The van der Waals surface area contributed by atoms with Crippen molar-refractivity contribution in [2.45, 2.75) is 13.8 Å². The second-order valence-electron chi connectivity index (χ2n) is 18.2. The molecule has 4 heterocycles. The Morgan fingerprint density at radius 2 is 0.770 bits per heavy atom. The Labute approximate surface area is 437 Å². The van der Waals surface area contributed by atoms with Gasteiger partial charge in [-0.05, 0) is 49.2 Å². The van der Waals surface area contributed by atoms with Gasteiger partial charge in [0.2, 0.25) is 11.8 Å². The maximum Gasteiger partial charge on any atom is 0.328 e. The fourth-order valence-electron chi connectivity index (χ4n) is 10.6. The quantitative estimate of drug-likeness (QED) is 0.126. The highest BCUT2D eigenvalue weighted by Crippen LogP contribution is 2.39. The molecule has 0 amide bonds. The summed E-state index contributed by atoms with van der Waals surface area (Å²) in [6, 6.07) is 73.6. The Morgan fingerprint density at radius 3 is 1.09 bits per heavy atom. The van der Waals surface area contributed by atoms with E-state index in [1.54, 1.807) is 36.4 Å². The average molecular weight is 994 g/mol. The fraction of sp³-hybridized carbons (Fsp3) is 0.0323. The third-order valence-electron chi connectivity index (χ3n) is 13.8. The number of nitriles is 2. The predicted molar refractivity (Wildman–Crippen MR) is 300 cm³/mol. The molecule has 0 saturated heterocycles. The lowest BCUT2D eigenvalue weighted by Gasteiger charge is -2.24. The zero-order valence-electron chi connectivity index (χ0n) is 40.0. The molecule has 0 fully saturated rings. The van der Waals surface area contributed by atoms with Crippen LogP contribution in [-0.2, 0) is 0 Å². The van der Waals surface area contributed by atoms with Gasteiger partial charge in [-0.25, -0.2) is 9.97 Å². The highest BCUT2D eigenvalue weighted by Gasteiger charge is 2.38. The molecule has 0 unspecified atom stereocenters. The van der Waals surface area contributed by atoms with Gasteiger partial charge in [-0.2, -0.15) is 10.5 Å². The molecule has 0 bridgehead atoms. The van der Waals surface area contributed by atoms with Crippen LogP contribution in [0.2, 0.25) is 10.0 Å². The Balaban J connectivity index is 1.46. The van der Waals surface area contributed by atoms with Gasteiger partial charge in [0.15, 0.2) is 11.2 Å². The normalized spacial score (nSPS) is 12.2. The molecule has 0 aliphatic heterocycles. The summed E-state index contributed by atoms with van der Waals surface area (Å²) in [5.74, 6) is 0.212. The number of aromatic nitrogens is 4. The van der Waals surface area contributed by atoms with E-state index in [0.717, 1.165) is 55.5 Å². The summed E-state index contributed by atoms with van der Waals surface area (Å²) in [5.41, 5.74) is 11.2. The van der Waals surface area contributed by atoms with Gasteiger partial charge in [-0.15, -0.1) is 0 Å². The van der Waals surface area contributed by atoms with Crippen LogP contribution in [0.4, 0.5) is 0 Å². The topological polar surface area (TPSA) is 110 Å². The van der Waals surface area contributed by atoms with Gasteiger partial charge in [0, 0.05) is 55.5 Å². The molecule has 0 saturated carbocycles. The van der Waals surface area contributed by atoms with Crippen LogP contribution in [0, 0.1) is 36.5 Å². The molecule has 8 aromatic carbocycles. The summed E-state index contributed by atoms with van der Waals surface area (Å²) in [6.07, 6.45) is 0. The van der Waals surface area contributed by atoms with E-state index in [9.17, 15) is 10.5 Å². The standard InChI is InChI=1S/C62H40B2Cl2N6O2/c1-39-19-15-17-29-47(39)57-55-56(60(50(38-68)62-70-52-34-32-46(66)36-54(52)74-62)71(57)63(41-21-7-3-8-22-41)42-23-9-4-10-24-42)58(48-30-18-16-20-40(48)2)72(64(43-25-11-5-12-26-43)44-27-13-6-14-28-44)59(55)49(37-67)61-69-51-33-31-45(65)35-53(51)73-61/h3-36H,1-2H3/b59-49-,60-50-. The van der Waals surface area contributed by atoms with E-state index in [1.807, 2.05) is 97.1 Å². The van der Waals surface area contributed by atoms with E-state index in [2.05, 4.69) is 108 Å². The molecule has 4 aromatic heterocycles. The molecule has 0 aliphatic rings. The zero-order valence-corrected chi connectivity index (χ0v) is 41.6. The minimum atomic E-state index is -0.571. The Morgan fingerprint density at radius 1 is 0.446 bits per heavy atom. The van der Waals surface area contributed by atoms with Crippen molar-refractivity contribution >= 4 is 103 Å². The molecule has 0 aliphatic carbocycles. The number of nitrogens with zero attached hydrogens (tertiary/aromatic N) is 6. The van der Waals surface area contributed by atoms with Crippen molar-refractivity contribution in [1.29, 1.82) is 10.5 Å². The van der Waals surface area contributed by atoms with Gasteiger partial charge < -0.3 is 17.8 Å². The molecule has 74 heavy (non-hydrogen) atoms. The smallest absolute Gasteiger partial charge is 0.328 e. The third kappa shape index (κ3) is 7.89. The summed E-state index contributed by atoms with van der Waals surface area (Å²) < 4.78 is 17.9. The highest BCUT2D eigenvalue weighted by atomic mass is 35.5. The molecular weight excluding hydrogens is 953 g/mol. The molecule has 0 radical (unpaired) electrons. The molecule has 8 nitrogen and oxygen atoms in total. The lowest BCUT2D eigenvalue weighted by atomic mass is 9.50. The van der Waals surface area contributed by atoms with Crippen molar-refractivity contribution < 1.29 is 8.83 Å². The number of fused-ring (bicyclic) bond motifs is 3. The average Bonchev–Trinajstić information content (AvgIpc) is 4.21. The summed E-state index contributed by atoms with van der Waals surface area (Å²) >= 11 is 13.2. The van der Waals surface area contributed by atoms with E-state index in [1.165, 1.54) is 0 Å². The minimum Gasteiger partial charge on any atom is -0.435 e. The van der Waals surface area contributed by atoms with Crippen LogP contribution in [-0.4, -0.2) is 32.6 Å². The van der Waals surface area contributed by atoms with Crippen molar-refractivity contribution in [1.82, 2.24) is 18.9 Å². The first kappa shape index (κ1) is 46.0.